The van der Waals surface area contributed by atoms with Crippen LogP contribution in [0.5, 0.6) is 0 Å². The van der Waals surface area contributed by atoms with Gasteiger partial charge in [0.25, 0.3) is 0 Å². The van der Waals surface area contributed by atoms with Crippen molar-refractivity contribution in [2.24, 2.45) is 5.73 Å². The predicted octanol–water partition coefficient (Wildman–Crippen LogP) is 1.69. The van der Waals surface area contributed by atoms with E-state index in [1.165, 1.54) is 11.3 Å². The summed E-state index contributed by atoms with van der Waals surface area (Å²) in [5.74, 6) is -0.209. The second-order valence-electron chi connectivity index (χ2n) is 4.05. The molecule has 1 rings (SSSR count). The molecule has 0 aliphatic heterocycles. The number of carbonyl (C=O) groups excluding carboxylic acids is 1. The van der Waals surface area contributed by atoms with Crippen molar-refractivity contribution in [2.45, 2.75) is 39.7 Å². The van der Waals surface area contributed by atoms with E-state index in [4.69, 9.17) is 5.73 Å². The van der Waals surface area contributed by atoms with Gasteiger partial charge in [-0.3, -0.25) is 4.79 Å². The van der Waals surface area contributed by atoms with Crippen LogP contribution in [-0.2, 0) is 11.2 Å². The van der Waals surface area contributed by atoms with Crippen LogP contribution in [0.3, 0.4) is 0 Å². The van der Waals surface area contributed by atoms with Gasteiger partial charge in [-0.2, -0.15) is 0 Å². The Morgan fingerprint density at radius 2 is 2.20 bits per heavy atom. The molecule has 0 fully saturated rings. The minimum absolute atomic E-state index is 0.209. The number of rotatable bonds is 3. The minimum atomic E-state index is -0.869. The zero-order valence-electron chi connectivity index (χ0n) is 9.55. The number of hydrogen-bond acceptors (Lipinski definition) is 4. The molecule has 1 heterocycles. The molecule has 0 unspecified atom stereocenters. The monoisotopic (exact) mass is 227 g/mol. The smallest absolute Gasteiger partial charge is 0.245 e. The minimum Gasteiger partial charge on any atom is -0.318 e. The molecule has 0 radical (unpaired) electrons. The van der Waals surface area contributed by atoms with Gasteiger partial charge in [-0.1, -0.05) is 6.92 Å². The van der Waals surface area contributed by atoms with E-state index < -0.39 is 5.54 Å². The molecule has 0 aromatic carbocycles. The zero-order chi connectivity index (χ0) is 11.6. The fourth-order valence-electron chi connectivity index (χ4n) is 1.07. The molecule has 3 N–H and O–H groups in total. The van der Waals surface area contributed by atoms with E-state index >= 15 is 0 Å². The maximum Gasteiger partial charge on any atom is 0.245 e. The number of nitrogens with one attached hydrogen (secondary N) is 1. The SMILES string of the molecule is CCc1nc(NC(=O)C(C)(C)N)sc1C. The van der Waals surface area contributed by atoms with Crippen molar-refractivity contribution in [2.75, 3.05) is 5.32 Å². The van der Waals surface area contributed by atoms with Gasteiger partial charge >= 0.3 is 0 Å². The maximum atomic E-state index is 11.6. The van der Waals surface area contributed by atoms with E-state index in [0.717, 1.165) is 17.0 Å². The highest BCUT2D eigenvalue weighted by Crippen LogP contribution is 2.22. The van der Waals surface area contributed by atoms with Crippen molar-refractivity contribution < 1.29 is 4.79 Å². The number of carbonyl (C=O) groups is 1. The number of nitrogens with zero attached hydrogens (tertiary/aromatic N) is 1. The third kappa shape index (κ3) is 3.00. The van der Waals surface area contributed by atoms with E-state index in [1.807, 2.05) is 13.8 Å². The molecular formula is C10H17N3OS. The van der Waals surface area contributed by atoms with Crippen molar-refractivity contribution >= 4 is 22.4 Å². The lowest BCUT2D eigenvalue weighted by Gasteiger charge is -2.16. The number of aryl methyl sites for hydroxylation is 2. The van der Waals surface area contributed by atoms with Crippen molar-refractivity contribution in [3.63, 3.8) is 0 Å². The lowest BCUT2D eigenvalue weighted by Crippen LogP contribution is -2.45. The number of aromatic nitrogens is 1. The van der Waals surface area contributed by atoms with Gasteiger partial charge in [0.15, 0.2) is 5.13 Å². The summed E-state index contributed by atoms with van der Waals surface area (Å²) in [5, 5.41) is 3.35. The second kappa shape index (κ2) is 4.28. The average molecular weight is 227 g/mol. The highest BCUT2D eigenvalue weighted by Gasteiger charge is 2.23. The molecule has 5 heteroatoms. The predicted molar refractivity (Wildman–Crippen MR) is 63.1 cm³/mol. The van der Waals surface area contributed by atoms with Gasteiger partial charge in [0.05, 0.1) is 11.2 Å². The first-order chi connectivity index (χ1) is 6.84. The quantitative estimate of drug-likeness (QED) is 0.825. The van der Waals surface area contributed by atoms with Crippen LogP contribution in [0, 0.1) is 6.92 Å². The Balaban J connectivity index is 2.78. The van der Waals surface area contributed by atoms with Gasteiger partial charge in [0.2, 0.25) is 5.91 Å². The summed E-state index contributed by atoms with van der Waals surface area (Å²) in [5.41, 5.74) is 5.83. The molecule has 15 heavy (non-hydrogen) atoms. The van der Waals surface area contributed by atoms with Crippen molar-refractivity contribution in [1.29, 1.82) is 0 Å². The molecule has 0 aliphatic rings. The van der Waals surface area contributed by atoms with Crippen LogP contribution < -0.4 is 11.1 Å². The van der Waals surface area contributed by atoms with Crippen LogP contribution in [0.15, 0.2) is 0 Å². The van der Waals surface area contributed by atoms with Gasteiger partial charge in [-0.25, -0.2) is 4.98 Å². The van der Waals surface area contributed by atoms with Gasteiger partial charge in [0, 0.05) is 4.88 Å². The first-order valence-corrected chi connectivity index (χ1v) is 5.73. The van der Waals surface area contributed by atoms with Crippen LogP contribution in [0.4, 0.5) is 5.13 Å². The van der Waals surface area contributed by atoms with E-state index in [-0.39, 0.29) is 5.91 Å². The molecular weight excluding hydrogens is 210 g/mol. The Kier molecular flexibility index (Phi) is 3.46. The molecule has 0 atom stereocenters. The third-order valence-electron chi connectivity index (χ3n) is 2.03. The zero-order valence-corrected chi connectivity index (χ0v) is 10.4. The van der Waals surface area contributed by atoms with Gasteiger partial charge in [-0.05, 0) is 27.2 Å². The summed E-state index contributed by atoms with van der Waals surface area (Å²) < 4.78 is 0. The van der Waals surface area contributed by atoms with Crippen molar-refractivity contribution in [1.82, 2.24) is 4.98 Å². The van der Waals surface area contributed by atoms with Crippen LogP contribution >= 0.6 is 11.3 Å². The van der Waals surface area contributed by atoms with Crippen molar-refractivity contribution in [3.8, 4) is 0 Å². The normalized spacial score (nSPS) is 11.5. The lowest BCUT2D eigenvalue weighted by atomic mass is 10.1. The number of hydrogen-bond donors (Lipinski definition) is 2. The molecule has 0 saturated carbocycles. The van der Waals surface area contributed by atoms with E-state index in [9.17, 15) is 4.79 Å². The molecule has 1 aromatic rings. The lowest BCUT2D eigenvalue weighted by molar-refractivity contribution is -0.120. The first kappa shape index (κ1) is 12.1. The molecule has 1 amide bonds. The van der Waals surface area contributed by atoms with E-state index in [2.05, 4.69) is 10.3 Å². The van der Waals surface area contributed by atoms with Crippen molar-refractivity contribution in [3.05, 3.63) is 10.6 Å². The second-order valence-corrected chi connectivity index (χ2v) is 5.25. The Bertz CT molecular complexity index is 365. The van der Waals surface area contributed by atoms with Crippen LogP contribution in [0.2, 0.25) is 0 Å². The molecule has 0 spiro atoms. The Morgan fingerprint density at radius 3 is 2.60 bits per heavy atom. The number of amides is 1. The largest absolute Gasteiger partial charge is 0.318 e. The van der Waals surface area contributed by atoms with Crippen LogP contribution in [0.1, 0.15) is 31.3 Å². The highest BCUT2D eigenvalue weighted by molar-refractivity contribution is 7.15. The number of nitrogens with two attached hydrogens (primary N) is 1. The Morgan fingerprint density at radius 1 is 1.60 bits per heavy atom. The van der Waals surface area contributed by atoms with E-state index in [1.54, 1.807) is 13.8 Å². The molecule has 0 saturated heterocycles. The van der Waals surface area contributed by atoms with Crippen LogP contribution in [-0.4, -0.2) is 16.4 Å². The summed E-state index contributed by atoms with van der Waals surface area (Å²) >= 11 is 1.48. The number of thiazole rings is 1. The van der Waals surface area contributed by atoms with Gasteiger partial charge in [0.1, 0.15) is 0 Å². The summed E-state index contributed by atoms with van der Waals surface area (Å²) in [6, 6.07) is 0. The van der Waals surface area contributed by atoms with E-state index in [0.29, 0.717) is 5.13 Å². The third-order valence-corrected chi connectivity index (χ3v) is 2.96. The topological polar surface area (TPSA) is 68.0 Å². The highest BCUT2D eigenvalue weighted by atomic mass is 32.1. The summed E-state index contributed by atoms with van der Waals surface area (Å²) in [6.07, 6.45) is 0.879. The fourth-order valence-corrected chi connectivity index (χ4v) is 1.97. The van der Waals surface area contributed by atoms with Gasteiger partial charge < -0.3 is 11.1 Å². The fraction of sp³-hybridized carbons (Fsp3) is 0.600. The number of anilines is 1. The average Bonchev–Trinajstić information content (AvgIpc) is 2.44. The maximum absolute atomic E-state index is 11.6. The molecule has 1 aromatic heterocycles. The standard InChI is InChI=1S/C10H17N3OS/c1-5-7-6(2)15-9(12-7)13-8(14)10(3,4)11/h5,11H2,1-4H3,(H,12,13,14). The summed E-state index contributed by atoms with van der Waals surface area (Å²) in [7, 11) is 0. The molecule has 84 valence electrons. The Hall–Kier alpha value is -0.940. The first-order valence-electron chi connectivity index (χ1n) is 4.91. The van der Waals surface area contributed by atoms with Gasteiger partial charge in [-0.15, -0.1) is 11.3 Å². The Labute approximate surface area is 93.9 Å². The molecule has 0 bridgehead atoms. The molecule has 4 nitrogen and oxygen atoms in total. The van der Waals surface area contributed by atoms with Crippen LogP contribution in [0.25, 0.3) is 0 Å². The summed E-state index contributed by atoms with van der Waals surface area (Å²) in [4.78, 5) is 17.0. The summed E-state index contributed by atoms with van der Waals surface area (Å²) in [6.45, 7) is 7.38. The molecule has 0 aliphatic carbocycles.